The molecule has 8 aliphatic rings. The van der Waals surface area contributed by atoms with E-state index in [1.807, 2.05) is 12.1 Å². The molecule has 2 saturated heterocycles. The smallest absolute Gasteiger partial charge is 0.308 e. The first kappa shape index (κ1) is 32.4. The number of Topliss-reactive ketones (excluding diaryl/α,β-unsaturated/α-hetero) is 2. The molecular weight excluding hydrogens is 660 g/mol. The molecule has 2 spiro atoms. The third kappa shape index (κ3) is 3.85. The molecule has 1 amide bonds. The molecule has 0 radical (unpaired) electrons. The summed E-state index contributed by atoms with van der Waals surface area (Å²) in [5.41, 5.74) is 0.0907. The number of esters is 2. The van der Waals surface area contributed by atoms with Gasteiger partial charge in [0.05, 0.1) is 22.5 Å². The van der Waals surface area contributed by atoms with E-state index in [1.165, 1.54) is 20.8 Å². The molecule has 2 aromatic rings. The number of aromatic hydroxyl groups is 1. The Morgan fingerprint density at radius 2 is 1.51 bits per heavy atom. The van der Waals surface area contributed by atoms with Crippen LogP contribution >= 0.6 is 0 Å². The van der Waals surface area contributed by atoms with Crippen LogP contribution in [0.25, 0.3) is 0 Å². The van der Waals surface area contributed by atoms with E-state index in [0.717, 1.165) is 28.8 Å². The van der Waals surface area contributed by atoms with Crippen LogP contribution in [-0.2, 0) is 52.4 Å². The molecule has 4 aliphatic heterocycles. The van der Waals surface area contributed by atoms with E-state index in [9.17, 15) is 34.2 Å². The molecule has 4 bridgehead atoms. The molecule has 10 rings (SSSR count). The lowest BCUT2D eigenvalue weighted by atomic mass is 9.48. The number of carbonyl (C=O) groups is 5. The second-order valence-electron chi connectivity index (χ2n) is 15.4. The van der Waals surface area contributed by atoms with Crippen molar-refractivity contribution in [1.82, 2.24) is 10.2 Å². The molecule has 2 aromatic carbocycles. The molecule has 0 unspecified atom stereocenters. The Morgan fingerprint density at radius 3 is 2.24 bits per heavy atom. The molecule has 2 saturated carbocycles. The summed E-state index contributed by atoms with van der Waals surface area (Å²) in [6.45, 7) is 5.37. The lowest BCUT2D eigenvalue weighted by Gasteiger charge is -2.63. The quantitative estimate of drug-likeness (QED) is 0.307. The molecule has 13 heteroatoms. The highest BCUT2D eigenvalue weighted by Crippen LogP contribution is 2.67. The Kier molecular flexibility index (Phi) is 6.70. The van der Waals surface area contributed by atoms with Gasteiger partial charge in [0.25, 0.3) is 0 Å². The summed E-state index contributed by atoms with van der Waals surface area (Å²) in [6.07, 6.45) is 2.12. The Hall–Kier alpha value is -4.49. The van der Waals surface area contributed by atoms with Crippen LogP contribution < -0.4 is 19.5 Å². The summed E-state index contributed by atoms with van der Waals surface area (Å²) in [5.74, 6) is 0.0986. The minimum absolute atomic E-state index is 0.0452. The summed E-state index contributed by atoms with van der Waals surface area (Å²) >= 11 is 0. The standard InChI is InChI=1S/C22H23NO7.C16H17NO4/c1-11(24)23-9-8-21-18-14-4-5-16(28-12(2)25)19(18)29-20(21)15(27)6-7-22(21,17(23)10-14)30-13(3)26;18-9-2-1-8-7-11-16(20)4-3-10(19)14-15(16,5-6-17-11)12(8)13(9)21-14/h4-5,17,20H,6-10H2,1-3H3;1-2,11,14,17-18,20H,3-7H2/t17-,20+,21+,22-;11-,14+,15+,16-/m11/s1. The van der Waals surface area contributed by atoms with Crippen molar-refractivity contribution in [3.8, 4) is 23.0 Å². The molecule has 8 atom stereocenters. The fraction of sp³-hybridized carbons (Fsp3) is 0.553. The number of ketones is 2. The Labute approximate surface area is 293 Å². The predicted octanol–water partition coefficient (Wildman–Crippen LogP) is 1.86. The maximum Gasteiger partial charge on any atom is 0.308 e. The Balaban J connectivity index is 0.000000145. The Bertz CT molecular complexity index is 1980. The van der Waals surface area contributed by atoms with Crippen molar-refractivity contribution < 1.29 is 53.1 Å². The van der Waals surface area contributed by atoms with E-state index in [2.05, 4.69) is 5.32 Å². The van der Waals surface area contributed by atoms with E-state index in [1.54, 1.807) is 17.0 Å². The molecule has 51 heavy (non-hydrogen) atoms. The number of rotatable bonds is 2. The minimum atomic E-state index is -1.06. The summed E-state index contributed by atoms with van der Waals surface area (Å²) < 4.78 is 23.6. The number of hydrogen-bond donors (Lipinski definition) is 3. The average molecular weight is 701 g/mol. The number of hydrogen-bond acceptors (Lipinski definition) is 12. The lowest BCUT2D eigenvalue weighted by molar-refractivity contribution is -0.214. The van der Waals surface area contributed by atoms with Crippen molar-refractivity contribution in [1.29, 1.82) is 0 Å². The molecule has 4 fully saturated rings. The van der Waals surface area contributed by atoms with Gasteiger partial charge in [0.15, 0.2) is 46.8 Å². The van der Waals surface area contributed by atoms with Crippen molar-refractivity contribution in [3.05, 3.63) is 46.5 Å². The first-order chi connectivity index (χ1) is 24.3. The number of piperidine rings is 2. The van der Waals surface area contributed by atoms with Crippen LogP contribution in [0.15, 0.2) is 24.3 Å². The highest BCUT2D eigenvalue weighted by atomic mass is 16.6. The SMILES string of the molecule is CC(=O)Oc1ccc2c3c1O[C@H]1C(=O)CC[C@@]4(OC(C)=O)[C@@H](C2)N(C(C)=O)CC[C@]314.O=C1CC[C@@]2(O)[C@H]3Cc4ccc(O)c5c4[C@@]2(CCN3)[C@H]1O5. The number of phenols is 1. The topological polar surface area (TPSA) is 178 Å². The van der Waals surface area contributed by atoms with Gasteiger partial charge in [-0.3, -0.25) is 24.0 Å². The molecule has 0 aromatic heterocycles. The molecule has 4 aliphatic carbocycles. The van der Waals surface area contributed by atoms with Crippen LogP contribution in [0.1, 0.15) is 81.5 Å². The van der Waals surface area contributed by atoms with Crippen LogP contribution in [0.5, 0.6) is 23.0 Å². The number of benzene rings is 2. The summed E-state index contributed by atoms with van der Waals surface area (Å²) in [4.78, 5) is 63.6. The second kappa shape index (κ2) is 10.5. The molecule has 3 N–H and O–H groups in total. The van der Waals surface area contributed by atoms with Crippen molar-refractivity contribution in [2.45, 2.75) is 118 Å². The number of nitrogens with one attached hydrogen (secondary N) is 1. The highest BCUT2D eigenvalue weighted by Gasteiger charge is 2.76. The molecule has 4 heterocycles. The molecule has 13 nitrogen and oxygen atoms in total. The van der Waals surface area contributed by atoms with Gasteiger partial charge < -0.3 is 39.4 Å². The van der Waals surface area contributed by atoms with Gasteiger partial charge in [-0.05, 0) is 68.3 Å². The minimum Gasteiger partial charge on any atom is -0.504 e. The van der Waals surface area contributed by atoms with Gasteiger partial charge in [0, 0.05) is 57.3 Å². The number of amides is 1. The van der Waals surface area contributed by atoms with Gasteiger partial charge in [0.2, 0.25) is 5.91 Å². The number of phenolic OH excluding ortho intramolecular Hbond substituents is 1. The third-order valence-corrected chi connectivity index (χ3v) is 13.3. The highest BCUT2D eigenvalue weighted by molar-refractivity contribution is 5.92. The number of nitrogens with zero attached hydrogens (tertiary/aromatic N) is 1. The van der Waals surface area contributed by atoms with E-state index in [4.69, 9.17) is 18.9 Å². The monoisotopic (exact) mass is 700 g/mol. The van der Waals surface area contributed by atoms with Crippen molar-refractivity contribution in [3.63, 3.8) is 0 Å². The number of carbonyl (C=O) groups excluding carboxylic acids is 5. The van der Waals surface area contributed by atoms with Gasteiger partial charge in [-0.25, -0.2) is 0 Å². The normalized spacial score (nSPS) is 36.7. The van der Waals surface area contributed by atoms with Crippen LogP contribution in [0.4, 0.5) is 0 Å². The van der Waals surface area contributed by atoms with E-state index in [-0.39, 0.29) is 47.5 Å². The first-order valence-corrected chi connectivity index (χ1v) is 17.8. The maximum atomic E-state index is 13.0. The summed E-state index contributed by atoms with van der Waals surface area (Å²) in [7, 11) is 0. The second-order valence-corrected chi connectivity index (χ2v) is 15.4. The van der Waals surface area contributed by atoms with Gasteiger partial charge in [-0.15, -0.1) is 0 Å². The molecule has 268 valence electrons. The van der Waals surface area contributed by atoms with Crippen molar-refractivity contribution in [2.75, 3.05) is 13.1 Å². The van der Waals surface area contributed by atoms with Crippen LogP contribution in [-0.4, -0.2) is 93.1 Å². The van der Waals surface area contributed by atoms with Gasteiger partial charge in [-0.2, -0.15) is 0 Å². The van der Waals surface area contributed by atoms with E-state index >= 15 is 0 Å². The van der Waals surface area contributed by atoms with Gasteiger partial charge in [-0.1, -0.05) is 12.1 Å². The summed E-state index contributed by atoms with van der Waals surface area (Å²) in [5, 5.41) is 25.0. The number of aliphatic hydroxyl groups is 1. The van der Waals surface area contributed by atoms with Gasteiger partial charge >= 0.3 is 11.9 Å². The van der Waals surface area contributed by atoms with Gasteiger partial charge in [0.1, 0.15) is 5.60 Å². The largest absolute Gasteiger partial charge is 0.504 e. The zero-order valence-electron chi connectivity index (χ0n) is 28.7. The van der Waals surface area contributed by atoms with Crippen molar-refractivity contribution in [2.24, 2.45) is 0 Å². The molecular formula is C38H40N2O11. The summed E-state index contributed by atoms with van der Waals surface area (Å²) in [6, 6.07) is 6.63. The number of likely N-dealkylation sites (tertiary alicyclic amines) is 1. The van der Waals surface area contributed by atoms with Crippen LogP contribution in [0.3, 0.4) is 0 Å². The van der Waals surface area contributed by atoms with Crippen LogP contribution in [0, 0.1) is 0 Å². The van der Waals surface area contributed by atoms with E-state index < -0.39 is 46.2 Å². The zero-order valence-corrected chi connectivity index (χ0v) is 28.7. The third-order valence-electron chi connectivity index (χ3n) is 13.3. The van der Waals surface area contributed by atoms with E-state index in [0.29, 0.717) is 63.0 Å². The lowest BCUT2D eigenvalue weighted by Crippen LogP contribution is -2.78. The number of ether oxygens (including phenoxy) is 4. The fourth-order valence-corrected chi connectivity index (χ4v) is 11.6. The zero-order chi connectivity index (χ0) is 35.8. The Morgan fingerprint density at radius 1 is 0.843 bits per heavy atom. The predicted molar refractivity (Wildman–Crippen MR) is 176 cm³/mol. The van der Waals surface area contributed by atoms with Crippen molar-refractivity contribution >= 4 is 29.4 Å². The first-order valence-electron chi connectivity index (χ1n) is 17.8. The fourth-order valence-electron chi connectivity index (χ4n) is 11.6. The van der Waals surface area contributed by atoms with Crippen LogP contribution in [0.2, 0.25) is 0 Å². The maximum absolute atomic E-state index is 13.0. The average Bonchev–Trinajstić information content (AvgIpc) is 3.60.